The number of hydrogen-bond acceptors (Lipinski definition) is 1. The molecule has 2 aromatic carbocycles. The van der Waals surface area contributed by atoms with Gasteiger partial charge in [0.1, 0.15) is 0 Å². The van der Waals surface area contributed by atoms with Crippen LogP contribution in [0.2, 0.25) is 0 Å². The Balaban J connectivity index is 3.12. The molecule has 1 N–H and O–H groups in total. The van der Waals surface area contributed by atoms with Gasteiger partial charge in [-0.15, -0.1) is 0 Å². The Morgan fingerprint density at radius 2 is 0.514 bits per heavy atom. The summed E-state index contributed by atoms with van der Waals surface area (Å²) in [5.74, 6) is 0. The molecule has 0 radical (unpaired) electrons. The smallest absolute Gasteiger partial charge is 0.354 e. The van der Waals surface area contributed by atoms with E-state index < -0.39 is 106 Å². The van der Waals surface area contributed by atoms with Crippen LogP contribution in [0.1, 0.15) is 33.4 Å². The van der Waals surface area contributed by atoms with Gasteiger partial charge in [0.25, 0.3) is 0 Å². The van der Waals surface area contributed by atoms with Gasteiger partial charge in [0, 0.05) is 0 Å². The zero-order valence-electron chi connectivity index (χ0n) is 16.6. The van der Waals surface area contributed by atoms with E-state index in [0.29, 0.717) is 5.32 Å². The number of rotatable bonds is 2. The van der Waals surface area contributed by atoms with E-state index in [0.717, 1.165) is 0 Å². The summed E-state index contributed by atoms with van der Waals surface area (Å²) in [6, 6.07) is -4.10. The summed E-state index contributed by atoms with van der Waals surface area (Å²) in [5, 5.41) is 0.547. The molecule has 0 aliphatic heterocycles. The number of hydrogen-bond donors (Lipinski definition) is 1. The Labute approximate surface area is 191 Å². The molecular weight excluding hydrogens is 572 g/mol. The number of benzene rings is 2. The Hall–Kier alpha value is -3.02. The molecule has 0 bridgehead atoms. The van der Waals surface area contributed by atoms with Gasteiger partial charge in [-0.3, -0.25) is 0 Å². The first kappa shape index (κ1) is 30.2. The molecule has 0 aliphatic carbocycles. The predicted octanol–water partition coefficient (Wildman–Crippen LogP) is 9.54. The van der Waals surface area contributed by atoms with Crippen molar-refractivity contribution in [2.45, 2.75) is 37.1 Å². The molecule has 19 heteroatoms. The maximum atomic E-state index is 13.4. The molecule has 2 aromatic rings. The van der Waals surface area contributed by atoms with Crippen LogP contribution < -0.4 is 5.32 Å². The lowest BCUT2D eigenvalue weighted by atomic mass is 9.97. The first-order chi connectivity index (χ1) is 16.1. The molecule has 0 aromatic heterocycles. The standard InChI is InChI=1S/C18H5F18N/c19-13(20,21)5-1-7(15(25,26)27)11(8(2-5)16(28,29)30)37-12-9(17(31,32)33)3-6(14(22,23)24)4-10(12)18(34,35)36/h1-4,37H. The second kappa shape index (κ2) is 8.78. The number of anilines is 2. The molecule has 0 fully saturated rings. The molecule has 0 aliphatic rings. The van der Waals surface area contributed by atoms with Crippen molar-refractivity contribution in [1.29, 1.82) is 0 Å². The van der Waals surface area contributed by atoms with E-state index in [1.165, 1.54) is 0 Å². The van der Waals surface area contributed by atoms with Crippen molar-refractivity contribution in [1.82, 2.24) is 0 Å². The van der Waals surface area contributed by atoms with Gasteiger partial charge in [0.05, 0.1) is 44.8 Å². The molecule has 2 rings (SSSR count). The molecule has 208 valence electrons. The Morgan fingerprint density at radius 3 is 0.649 bits per heavy atom. The second-order valence-electron chi connectivity index (χ2n) is 7.00. The molecule has 0 atom stereocenters. The van der Waals surface area contributed by atoms with Crippen molar-refractivity contribution in [3.8, 4) is 0 Å². The summed E-state index contributed by atoms with van der Waals surface area (Å²) >= 11 is 0. The van der Waals surface area contributed by atoms with Crippen LogP contribution >= 0.6 is 0 Å². The van der Waals surface area contributed by atoms with Gasteiger partial charge in [0.15, 0.2) is 0 Å². The van der Waals surface area contributed by atoms with E-state index in [2.05, 4.69) is 0 Å². The average molecular weight is 577 g/mol. The van der Waals surface area contributed by atoms with E-state index in [9.17, 15) is 79.0 Å². The third-order valence-electron chi connectivity index (χ3n) is 4.40. The summed E-state index contributed by atoms with van der Waals surface area (Å²) in [5.41, 5.74) is -22.8. The third kappa shape index (κ3) is 6.65. The quantitative estimate of drug-likeness (QED) is 0.351. The minimum absolute atomic E-state index is 0.547. The van der Waals surface area contributed by atoms with Crippen LogP contribution in [0, 0.1) is 0 Å². The second-order valence-corrected chi connectivity index (χ2v) is 7.00. The largest absolute Gasteiger partial charge is 0.418 e. The predicted molar refractivity (Wildman–Crippen MR) is 86.2 cm³/mol. The van der Waals surface area contributed by atoms with Crippen molar-refractivity contribution in [2.24, 2.45) is 0 Å². The van der Waals surface area contributed by atoms with Crippen molar-refractivity contribution in [3.63, 3.8) is 0 Å². The highest BCUT2D eigenvalue weighted by Gasteiger charge is 2.48. The minimum Gasteiger partial charge on any atom is -0.354 e. The minimum atomic E-state index is -6.24. The fourth-order valence-electron chi connectivity index (χ4n) is 2.90. The molecule has 1 nitrogen and oxygen atoms in total. The first-order valence-electron chi connectivity index (χ1n) is 8.71. The SMILES string of the molecule is FC(F)(F)c1cc(C(F)(F)F)c(Nc2c(C(F)(F)F)cc(C(F)(F)F)cc2C(F)(F)F)c(C(F)(F)F)c1. The van der Waals surface area contributed by atoms with Crippen molar-refractivity contribution in [3.05, 3.63) is 57.6 Å². The summed E-state index contributed by atoms with van der Waals surface area (Å²) in [4.78, 5) is 0. The Morgan fingerprint density at radius 1 is 0.324 bits per heavy atom. The monoisotopic (exact) mass is 577 g/mol. The fraction of sp³-hybridized carbons (Fsp3) is 0.333. The average Bonchev–Trinajstić information content (AvgIpc) is 2.62. The summed E-state index contributed by atoms with van der Waals surface area (Å²) in [6.45, 7) is 0. The van der Waals surface area contributed by atoms with Gasteiger partial charge < -0.3 is 5.32 Å². The van der Waals surface area contributed by atoms with Gasteiger partial charge in [-0.2, -0.15) is 79.0 Å². The molecular formula is C18H5F18N. The molecule has 0 amide bonds. The van der Waals surface area contributed by atoms with Crippen molar-refractivity contribution in [2.75, 3.05) is 5.32 Å². The lowest BCUT2D eigenvalue weighted by Gasteiger charge is -2.26. The number of alkyl halides is 18. The van der Waals surface area contributed by atoms with Gasteiger partial charge >= 0.3 is 37.1 Å². The third-order valence-corrected chi connectivity index (χ3v) is 4.40. The summed E-state index contributed by atoms with van der Waals surface area (Å²) < 4.78 is 238. The lowest BCUT2D eigenvalue weighted by molar-refractivity contribution is -0.149. The summed E-state index contributed by atoms with van der Waals surface area (Å²) in [6.07, 6.45) is -36.8. The normalized spacial score (nSPS) is 14.2. The first-order valence-corrected chi connectivity index (χ1v) is 8.71. The van der Waals surface area contributed by atoms with Gasteiger partial charge in [-0.25, -0.2) is 0 Å². The Kier molecular flexibility index (Phi) is 7.17. The van der Waals surface area contributed by atoms with E-state index in [4.69, 9.17) is 0 Å². The molecule has 0 saturated heterocycles. The van der Waals surface area contributed by atoms with Crippen LogP contribution in [0.25, 0.3) is 0 Å². The number of nitrogens with one attached hydrogen (secondary N) is 1. The van der Waals surface area contributed by atoms with Crippen LogP contribution in [0.4, 0.5) is 90.4 Å². The molecule has 0 heterocycles. The maximum absolute atomic E-state index is 13.4. The van der Waals surface area contributed by atoms with Crippen molar-refractivity contribution < 1.29 is 79.0 Å². The van der Waals surface area contributed by atoms with E-state index in [1.54, 1.807) is 0 Å². The van der Waals surface area contributed by atoms with Crippen molar-refractivity contribution >= 4 is 11.4 Å². The molecule has 0 saturated carbocycles. The zero-order valence-corrected chi connectivity index (χ0v) is 16.6. The van der Waals surface area contributed by atoms with E-state index in [-0.39, 0.29) is 0 Å². The van der Waals surface area contributed by atoms with Gasteiger partial charge in [-0.05, 0) is 24.3 Å². The maximum Gasteiger partial charge on any atom is 0.418 e. The van der Waals surface area contributed by atoms with Gasteiger partial charge in [-0.1, -0.05) is 0 Å². The highest BCUT2D eigenvalue weighted by atomic mass is 19.4. The van der Waals surface area contributed by atoms with E-state index in [1.807, 2.05) is 0 Å². The molecule has 37 heavy (non-hydrogen) atoms. The topological polar surface area (TPSA) is 12.0 Å². The van der Waals surface area contributed by atoms with Crippen LogP contribution in [-0.2, 0) is 37.1 Å². The van der Waals surface area contributed by atoms with Crippen LogP contribution in [-0.4, -0.2) is 0 Å². The van der Waals surface area contributed by atoms with Crippen LogP contribution in [0.3, 0.4) is 0 Å². The summed E-state index contributed by atoms with van der Waals surface area (Å²) in [7, 11) is 0. The Bertz CT molecular complexity index is 993. The van der Waals surface area contributed by atoms with Gasteiger partial charge in [0.2, 0.25) is 0 Å². The fourth-order valence-corrected chi connectivity index (χ4v) is 2.90. The van der Waals surface area contributed by atoms with E-state index >= 15 is 0 Å². The van der Waals surface area contributed by atoms with Crippen LogP contribution in [0.15, 0.2) is 24.3 Å². The lowest BCUT2D eigenvalue weighted by Crippen LogP contribution is -2.22. The van der Waals surface area contributed by atoms with Crippen LogP contribution in [0.5, 0.6) is 0 Å². The molecule has 0 spiro atoms. The highest BCUT2D eigenvalue weighted by molar-refractivity contribution is 5.75. The number of halogens is 18. The highest BCUT2D eigenvalue weighted by Crippen LogP contribution is 2.51. The molecule has 0 unspecified atom stereocenters. The zero-order chi connectivity index (χ0) is 29.2.